The van der Waals surface area contributed by atoms with Gasteiger partial charge in [0.05, 0.1) is 24.3 Å². The molecule has 2 aromatic rings. The maximum Gasteiger partial charge on any atom is 0.254 e. The summed E-state index contributed by atoms with van der Waals surface area (Å²) in [5.41, 5.74) is 2.40. The number of ether oxygens (including phenoxy) is 1. The Morgan fingerprint density at radius 1 is 1.14 bits per heavy atom. The molecule has 110 valence electrons. The van der Waals surface area contributed by atoms with Crippen LogP contribution in [0.5, 0.6) is 0 Å². The Labute approximate surface area is 129 Å². The van der Waals surface area contributed by atoms with Gasteiger partial charge in [-0.25, -0.2) is 0 Å². The number of hydrogen-bond acceptors (Lipinski definition) is 3. The largest absolute Gasteiger partial charge is 0.370 e. The van der Waals surface area contributed by atoms with E-state index in [1.54, 1.807) is 17.0 Å². The van der Waals surface area contributed by atoms with Crippen molar-refractivity contribution in [2.45, 2.75) is 12.7 Å². The fourth-order valence-corrected chi connectivity index (χ4v) is 2.36. The minimum absolute atomic E-state index is 0.0545. The van der Waals surface area contributed by atoms with E-state index in [1.165, 1.54) is 0 Å². The Hall–Kier alpha value is -2.64. The Morgan fingerprint density at radius 3 is 2.45 bits per heavy atom. The summed E-state index contributed by atoms with van der Waals surface area (Å²) in [6.07, 6.45) is 0.0864. The second-order valence-corrected chi connectivity index (χ2v) is 5.32. The maximum atomic E-state index is 12.2. The van der Waals surface area contributed by atoms with Gasteiger partial charge in [0.25, 0.3) is 5.91 Å². The molecule has 0 atom stereocenters. The van der Waals surface area contributed by atoms with Crippen LogP contribution in [-0.4, -0.2) is 30.0 Å². The van der Waals surface area contributed by atoms with Crippen LogP contribution in [0.2, 0.25) is 0 Å². The number of carbonyl (C=O) groups is 1. The van der Waals surface area contributed by atoms with Gasteiger partial charge in [-0.2, -0.15) is 5.26 Å². The summed E-state index contributed by atoms with van der Waals surface area (Å²) in [7, 11) is 0. The first-order chi connectivity index (χ1) is 10.8. The van der Waals surface area contributed by atoms with Crippen LogP contribution >= 0.6 is 0 Å². The van der Waals surface area contributed by atoms with E-state index in [9.17, 15) is 4.79 Å². The minimum Gasteiger partial charge on any atom is -0.370 e. The van der Waals surface area contributed by atoms with Crippen molar-refractivity contribution in [1.82, 2.24) is 4.90 Å². The summed E-state index contributed by atoms with van der Waals surface area (Å²) in [6, 6.07) is 18.7. The van der Waals surface area contributed by atoms with Crippen molar-refractivity contribution in [1.29, 1.82) is 5.26 Å². The summed E-state index contributed by atoms with van der Waals surface area (Å²) >= 11 is 0. The van der Waals surface area contributed by atoms with Crippen molar-refractivity contribution < 1.29 is 9.53 Å². The molecular weight excluding hydrogens is 276 g/mol. The summed E-state index contributed by atoms with van der Waals surface area (Å²) in [6.45, 7) is 1.76. The molecule has 0 saturated carbocycles. The highest BCUT2D eigenvalue weighted by Crippen LogP contribution is 2.17. The smallest absolute Gasteiger partial charge is 0.254 e. The van der Waals surface area contributed by atoms with Crippen molar-refractivity contribution in [3.05, 3.63) is 71.3 Å². The standard InChI is InChI=1S/C18H16N2O2/c19-10-14-6-8-15(9-7-14)13-22-17-11-20(12-17)18(21)16-4-2-1-3-5-16/h1-9,17H,11-13H2. The molecule has 1 heterocycles. The second kappa shape index (κ2) is 6.42. The first kappa shape index (κ1) is 14.3. The molecule has 2 aromatic carbocycles. The lowest BCUT2D eigenvalue weighted by molar-refractivity contribution is -0.0503. The molecule has 3 rings (SSSR count). The number of benzene rings is 2. The molecule has 1 saturated heterocycles. The predicted octanol–water partition coefficient (Wildman–Crippen LogP) is 2.60. The molecule has 4 nitrogen and oxygen atoms in total. The van der Waals surface area contributed by atoms with E-state index in [0.717, 1.165) is 5.56 Å². The monoisotopic (exact) mass is 292 g/mol. The van der Waals surface area contributed by atoms with Gasteiger partial charge in [-0.15, -0.1) is 0 Å². The summed E-state index contributed by atoms with van der Waals surface area (Å²) in [5, 5.41) is 8.75. The van der Waals surface area contributed by atoms with Crippen molar-refractivity contribution in [2.75, 3.05) is 13.1 Å². The van der Waals surface area contributed by atoms with Gasteiger partial charge in [0.15, 0.2) is 0 Å². The lowest BCUT2D eigenvalue weighted by Gasteiger charge is -2.39. The second-order valence-electron chi connectivity index (χ2n) is 5.32. The van der Waals surface area contributed by atoms with E-state index in [1.807, 2.05) is 42.5 Å². The summed E-state index contributed by atoms with van der Waals surface area (Å²) < 4.78 is 5.78. The molecule has 0 N–H and O–H groups in total. The zero-order chi connectivity index (χ0) is 15.4. The number of rotatable bonds is 4. The van der Waals surface area contributed by atoms with E-state index < -0.39 is 0 Å². The SMILES string of the molecule is N#Cc1ccc(COC2CN(C(=O)c3ccccc3)C2)cc1. The van der Waals surface area contributed by atoms with Gasteiger partial charge < -0.3 is 9.64 Å². The maximum absolute atomic E-state index is 12.2. The van der Waals surface area contributed by atoms with Crippen LogP contribution in [0.25, 0.3) is 0 Å². The van der Waals surface area contributed by atoms with E-state index in [4.69, 9.17) is 10.00 Å². The topological polar surface area (TPSA) is 53.3 Å². The molecule has 0 aliphatic carbocycles. The highest BCUT2D eigenvalue weighted by molar-refractivity contribution is 5.94. The Balaban J connectivity index is 1.46. The number of amides is 1. The highest BCUT2D eigenvalue weighted by Gasteiger charge is 2.31. The molecule has 4 heteroatoms. The molecule has 0 spiro atoms. The van der Waals surface area contributed by atoms with E-state index in [-0.39, 0.29) is 12.0 Å². The fraction of sp³-hybridized carbons (Fsp3) is 0.222. The van der Waals surface area contributed by atoms with E-state index >= 15 is 0 Å². The van der Waals surface area contributed by atoms with Gasteiger partial charge in [-0.1, -0.05) is 30.3 Å². The van der Waals surface area contributed by atoms with Gasteiger partial charge in [0.1, 0.15) is 0 Å². The van der Waals surface area contributed by atoms with Gasteiger partial charge in [-0.3, -0.25) is 4.79 Å². The van der Waals surface area contributed by atoms with E-state index in [0.29, 0.717) is 30.8 Å². The van der Waals surface area contributed by atoms with E-state index in [2.05, 4.69) is 6.07 Å². The Morgan fingerprint density at radius 2 is 1.82 bits per heavy atom. The Kier molecular flexibility index (Phi) is 4.17. The fourth-order valence-electron chi connectivity index (χ4n) is 2.36. The molecule has 0 aromatic heterocycles. The predicted molar refractivity (Wildman–Crippen MR) is 82.1 cm³/mol. The molecular formula is C18H16N2O2. The number of hydrogen-bond donors (Lipinski definition) is 0. The van der Waals surface area contributed by atoms with Crippen LogP contribution in [0.3, 0.4) is 0 Å². The van der Waals surface area contributed by atoms with Crippen molar-refractivity contribution in [3.63, 3.8) is 0 Å². The highest BCUT2D eigenvalue weighted by atomic mass is 16.5. The van der Waals surface area contributed by atoms with Crippen molar-refractivity contribution >= 4 is 5.91 Å². The first-order valence-electron chi connectivity index (χ1n) is 7.21. The lowest BCUT2D eigenvalue weighted by atomic mass is 10.1. The quantitative estimate of drug-likeness (QED) is 0.870. The minimum atomic E-state index is 0.0545. The third-order valence-corrected chi connectivity index (χ3v) is 3.72. The third-order valence-electron chi connectivity index (χ3n) is 3.72. The summed E-state index contributed by atoms with van der Waals surface area (Å²) in [4.78, 5) is 13.9. The summed E-state index contributed by atoms with van der Waals surface area (Å²) in [5.74, 6) is 0.0545. The lowest BCUT2D eigenvalue weighted by Crippen LogP contribution is -2.54. The molecule has 22 heavy (non-hydrogen) atoms. The molecule has 1 aliphatic rings. The van der Waals surface area contributed by atoms with Crippen LogP contribution in [0.4, 0.5) is 0 Å². The average Bonchev–Trinajstić information content (AvgIpc) is 2.54. The van der Waals surface area contributed by atoms with Crippen LogP contribution < -0.4 is 0 Å². The molecule has 0 radical (unpaired) electrons. The zero-order valence-electron chi connectivity index (χ0n) is 12.1. The van der Waals surface area contributed by atoms with Gasteiger partial charge in [0.2, 0.25) is 0 Å². The van der Waals surface area contributed by atoms with Gasteiger partial charge >= 0.3 is 0 Å². The average molecular weight is 292 g/mol. The Bertz CT molecular complexity index is 683. The van der Waals surface area contributed by atoms with Crippen molar-refractivity contribution in [3.8, 4) is 6.07 Å². The van der Waals surface area contributed by atoms with Crippen LogP contribution in [0.1, 0.15) is 21.5 Å². The van der Waals surface area contributed by atoms with Crippen LogP contribution in [0.15, 0.2) is 54.6 Å². The number of likely N-dealkylation sites (tertiary alicyclic amines) is 1. The normalized spacial score (nSPS) is 14.2. The number of carbonyl (C=O) groups excluding carboxylic acids is 1. The molecule has 0 bridgehead atoms. The van der Waals surface area contributed by atoms with Crippen molar-refractivity contribution in [2.24, 2.45) is 0 Å². The van der Waals surface area contributed by atoms with Crippen LogP contribution in [0, 0.1) is 11.3 Å². The van der Waals surface area contributed by atoms with Crippen LogP contribution in [-0.2, 0) is 11.3 Å². The number of nitriles is 1. The molecule has 1 aliphatic heterocycles. The first-order valence-corrected chi connectivity index (χ1v) is 7.21. The molecule has 1 amide bonds. The number of nitrogens with zero attached hydrogens (tertiary/aromatic N) is 2. The zero-order valence-corrected chi connectivity index (χ0v) is 12.1. The molecule has 1 fully saturated rings. The third kappa shape index (κ3) is 3.16. The van der Waals surface area contributed by atoms with Gasteiger partial charge in [-0.05, 0) is 29.8 Å². The van der Waals surface area contributed by atoms with Gasteiger partial charge in [0, 0.05) is 18.7 Å². The molecule has 0 unspecified atom stereocenters.